The molecular formula is C16H26O3. The van der Waals surface area contributed by atoms with E-state index in [1.54, 1.807) is 0 Å². The molecule has 0 fully saturated rings. The molecule has 1 aromatic rings. The van der Waals surface area contributed by atoms with Gasteiger partial charge in [-0.1, -0.05) is 64.7 Å². The van der Waals surface area contributed by atoms with Gasteiger partial charge in [0, 0.05) is 6.07 Å². The van der Waals surface area contributed by atoms with Crippen molar-refractivity contribution in [1.29, 1.82) is 0 Å². The van der Waals surface area contributed by atoms with Crippen LogP contribution in [0.25, 0.3) is 0 Å². The van der Waals surface area contributed by atoms with Crippen LogP contribution >= 0.6 is 0 Å². The van der Waals surface area contributed by atoms with Crippen LogP contribution in [0.4, 0.5) is 0 Å². The molecular weight excluding hydrogens is 240 g/mol. The van der Waals surface area contributed by atoms with Crippen LogP contribution in [0.5, 0.6) is 5.75 Å². The Balaban J connectivity index is 1.81. The summed E-state index contributed by atoms with van der Waals surface area (Å²) < 4.78 is 5.22. The van der Waals surface area contributed by atoms with Crippen LogP contribution in [0.2, 0.25) is 0 Å². The van der Waals surface area contributed by atoms with Crippen LogP contribution in [-0.4, -0.2) is 6.61 Å². The standard InChI is InChI=1S/C16H26O3/c1-2-3-4-5-6-7-8-9-10-11-12-19-15-13-14(17)16(15)18/h13H,2-12H2,1H3. The van der Waals surface area contributed by atoms with Gasteiger partial charge in [-0.05, 0) is 6.42 Å². The second kappa shape index (κ2) is 9.76. The van der Waals surface area contributed by atoms with Crippen LogP contribution in [0.15, 0.2) is 15.7 Å². The molecule has 108 valence electrons. The molecule has 0 saturated heterocycles. The van der Waals surface area contributed by atoms with Gasteiger partial charge in [-0.2, -0.15) is 0 Å². The van der Waals surface area contributed by atoms with Gasteiger partial charge >= 0.3 is 0 Å². The molecule has 0 heterocycles. The van der Waals surface area contributed by atoms with Crippen molar-refractivity contribution in [1.82, 2.24) is 0 Å². The van der Waals surface area contributed by atoms with E-state index in [0.29, 0.717) is 6.61 Å². The average molecular weight is 266 g/mol. The van der Waals surface area contributed by atoms with Gasteiger partial charge in [0.1, 0.15) is 0 Å². The number of hydrogen-bond donors (Lipinski definition) is 0. The molecule has 19 heavy (non-hydrogen) atoms. The van der Waals surface area contributed by atoms with Crippen LogP contribution in [0.1, 0.15) is 71.1 Å². The van der Waals surface area contributed by atoms with Crippen molar-refractivity contribution in [2.45, 2.75) is 71.1 Å². The molecule has 0 aliphatic heterocycles. The second-order valence-electron chi connectivity index (χ2n) is 5.23. The summed E-state index contributed by atoms with van der Waals surface area (Å²) in [6, 6.07) is 1.28. The van der Waals surface area contributed by atoms with E-state index in [2.05, 4.69) is 6.92 Å². The zero-order valence-electron chi connectivity index (χ0n) is 12.1. The fraction of sp³-hybridized carbons (Fsp3) is 0.750. The van der Waals surface area contributed by atoms with Crippen molar-refractivity contribution in [3.63, 3.8) is 0 Å². The summed E-state index contributed by atoms with van der Waals surface area (Å²) in [5, 5.41) is 0. The van der Waals surface area contributed by atoms with Crippen molar-refractivity contribution < 1.29 is 4.74 Å². The van der Waals surface area contributed by atoms with Gasteiger partial charge in [0.2, 0.25) is 5.43 Å². The minimum absolute atomic E-state index is 0.251. The third kappa shape index (κ3) is 6.55. The fourth-order valence-electron chi connectivity index (χ4n) is 2.17. The van der Waals surface area contributed by atoms with Crippen LogP contribution in [0, 0.1) is 0 Å². The van der Waals surface area contributed by atoms with E-state index < -0.39 is 10.9 Å². The predicted octanol–water partition coefficient (Wildman–Crippen LogP) is 3.58. The van der Waals surface area contributed by atoms with Gasteiger partial charge in [0.05, 0.1) is 6.61 Å². The van der Waals surface area contributed by atoms with E-state index in [9.17, 15) is 9.59 Å². The van der Waals surface area contributed by atoms with Crippen molar-refractivity contribution in [3.05, 3.63) is 26.5 Å². The Morgan fingerprint density at radius 2 is 1.37 bits per heavy atom. The van der Waals surface area contributed by atoms with E-state index >= 15 is 0 Å². The molecule has 0 radical (unpaired) electrons. The molecule has 0 aromatic heterocycles. The highest BCUT2D eigenvalue weighted by Gasteiger charge is 2.09. The number of ether oxygens (including phenoxy) is 1. The maximum absolute atomic E-state index is 10.9. The third-order valence-electron chi connectivity index (χ3n) is 3.47. The maximum atomic E-state index is 10.9. The molecule has 0 atom stereocenters. The molecule has 0 amide bonds. The lowest BCUT2D eigenvalue weighted by Crippen LogP contribution is -2.30. The van der Waals surface area contributed by atoms with E-state index in [0.717, 1.165) is 12.8 Å². The Hall–Kier alpha value is -1.12. The minimum atomic E-state index is -0.466. The first-order valence-corrected chi connectivity index (χ1v) is 7.69. The lowest BCUT2D eigenvalue weighted by atomic mass is 10.1. The van der Waals surface area contributed by atoms with Crippen molar-refractivity contribution in [2.75, 3.05) is 6.61 Å². The normalized spacial score (nSPS) is 11.0. The van der Waals surface area contributed by atoms with Gasteiger partial charge < -0.3 is 4.74 Å². The lowest BCUT2D eigenvalue weighted by Gasteiger charge is -2.06. The van der Waals surface area contributed by atoms with Gasteiger partial charge in [0.25, 0.3) is 5.43 Å². The monoisotopic (exact) mass is 266 g/mol. The zero-order valence-corrected chi connectivity index (χ0v) is 12.1. The van der Waals surface area contributed by atoms with Gasteiger partial charge in [-0.15, -0.1) is 0 Å². The van der Waals surface area contributed by atoms with Crippen LogP contribution < -0.4 is 15.6 Å². The minimum Gasteiger partial charge on any atom is -0.489 e. The average Bonchev–Trinajstić information content (AvgIpc) is 2.43. The van der Waals surface area contributed by atoms with E-state index in [1.165, 1.54) is 57.4 Å². The summed E-state index contributed by atoms with van der Waals surface area (Å²) >= 11 is 0. The van der Waals surface area contributed by atoms with E-state index in [1.807, 2.05) is 0 Å². The van der Waals surface area contributed by atoms with Crippen molar-refractivity contribution in [3.8, 4) is 5.75 Å². The summed E-state index contributed by atoms with van der Waals surface area (Å²) in [4.78, 5) is 21.6. The first-order chi connectivity index (χ1) is 9.25. The summed E-state index contributed by atoms with van der Waals surface area (Å²) in [6.07, 6.45) is 12.8. The van der Waals surface area contributed by atoms with Gasteiger partial charge in [-0.3, -0.25) is 9.59 Å². The molecule has 3 heteroatoms. The highest BCUT2D eigenvalue weighted by Crippen LogP contribution is 2.10. The highest BCUT2D eigenvalue weighted by atomic mass is 16.5. The fourth-order valence-corrected chi connectivity index (χ4v) is 2.17. The van der Waals surface area contributed by atoms with E-state index in [4.69, 9.17) is 4.74 Å². The first kappa shape index (κ1) is 15.9. The van der Waals surface area contributed by atoms with Crippen LogP contribution in [0.3, 0.4) is 0 Å². The van der Waals surface area contributed by atoms with Crippen molar-refractivity contribution in [2.24, 2.45) is 0 Å². The highest BCUT2D eigenvalue weighted by molar-refractivity contribution is 5.26. The van der Waals surface area contributed by atoms with Gasteiger partial charge in [0.15, 0.2) is 5.75 Å². The number of rotatable bonds is 12. The first-order valence-electron chi connectivity index (χ1n) is 7.69. The Morgan fingerprint density at radius 1 is 0.842 bits per heavy atom. The van der Waals surface area contributed by atoms with Gasteiger partial charge in [-0.25, -0.2) is 0 Å². The molecule has 0 unspecified atom stereocenters. The predicted molar refractivity (Wildman–Crippen MR) is 78.7 cm³/mol. The molecule has 0 N–H and O–H groups in total. The Bertz CT molecular complexity index is 402. The van der Waals surface area contributed by atoms with Crippen LogP contribution in [-0.2, 0) is 0 Å². The summed E-state index contributed by atoms with van der Waals surface area (Å²) in [7, 11) is 0. The third-order valence-corrected chi connectivity index (χ3v) is 3.47. The smallest absolute Gasteiger partial charge is 0.267 e. The summed E-state index contributed by atoms with van der Waals surface area (Å²) in [5.74, 6) is 0.251. The summed E-state index contributed by atoms with van der Waals surface area (Å²) in [5.41, 5.74) is -0.898. The maximum Gasteiger partial charge on any atom is 0.267 e. The second-order valence-corrected chi connectivity index (χ2v) is 5.23. The Kier molecular flexibility index (Phi) is 8.19. The zero-order chi connectivity index (χ0) is 13.9. The molecule has 0 saturated carbocycles. The molecule has 1 rings (SSSR count). The molecule has 0 spiro atoms. The Labute approximate surface area is 115 Å². The molecule has 0 aliphatic rings. The topological polar surface area (TPSA) is 43.4 Å². The SMILES string of the molecule is CCCCCCCCCCCCOc1cc(=O)c1=O. The Morgan fingerprint density at radius 3 is 1.84 bits per heavy atom. The quantitative estimate of drug-likeness (QED) is 0.429. The molecule has 0 aliphatic carbocycles. The molecule has 3 nitrogen and oxygen atoms in total. The van der Waals surface area contributed by atoms with E-state index in [-0.39, 0.29) is 5.75 Å². The number of unbranched alkanes of at least 4 members (excludes halogenated alkanes) is 9. The largest absolute Gasteiger partial charge is 0.489 e. The number of hydrogen-bond acceptors (Lipinski definition) is 3. The lowest BCUT2D eigenvalue weighted by molar-refractivity contribution is 0.298. The molecule has 0 bridgehead atoms. The molecule has 1 aromatic carbocycles. The van der Waals surface area contributed by atoms with Crippen molar-refractivity contribution >= 4 is 0 Å². The summed E-state index contributed by atoms with van der Waals surface area (Å²) in [6.45, 7) is 2.80.